The summed E-state index contributed by atoms with van der Waals surface area (Å²) >= 11 is 5.92. The van der Waals surface area contributed by atoms with Gasteiger partial charge in [-0.15, -0.1) is 11.6 Å². The molecular formula is C14H26ClN3O2S. The zero-order valence-corrected chi connectivity index (χ0v) is 14.2. The quantitative estimate of drug-likeness (QED) is 0.728. The Bertz CT molecular complexity index is 453. The van der Waals surface area contributed by atoms with Crippen LogP contribution in [0.3, 0.4) is 0 Å². The van der Waals surface area contributed by atoms with E-state index in [1.165, 1.54) is 12.8 Å². The average molecular weight is 336 g/mol. The molecule has 0 bridgehead atoms. The van der Waals surface area contributed by atoms with Crippen LogP contribution in [0.1, 0.15) is 32.1 Å². The molecule has 2 unspecified atom stereocenters. The Balaban J connectivity index is 1.62. The normalized spacial score (nSPS) is 33.8. The van der Waals surface area contributed by atoms with Crippen molar-refractivity contribution in [2.45, 2.75) is 38.1 Å². The summed E-state index contributed by atoms with van der Waals surface area (Å²) < 4.78 is 29.0. The minimum absolute atomic E-state index is 0.312. The van der Waals surface area contributed by atoms with Gasteiger partial charge in [-0.25, -0.2) is 0 Å². The first-order valence-corrected chi connectivity index (χ1v) is 10.1. The molecule has 21 heavy (non-hydrogen) atoms. The fraction of sp³-hybridized carbons (Fsp3) is 1.00. The molecule has 0 radical (unpaired) electrons. The summed E-state index contributed by atoms with van der Waals surface area (Å²) in [6.45, 7) is 4.86. The van der Waals surface area contributed by atoms with Gasteiger partial charge in [-0.2, -0.15) is 17.0 Å². The summed E-state index contributed by atoms with van der Waals surface area (Å²) in [7, 11) is -3.29. The second kappa shape index (κ2) is 6.71. The van der Waals surface area contributed by atoms with Crippen LogP contribution in [0.4, 0.5) is 0 Å². The fourth-order valence-corrected chi connectivity index (χ4v) is 5.88. The largest absolute Gasteiger partial charge is 0.299 e. The number of hydrogen-bond acceptors (Lipinski definition) is 3. The third-order valence-electron chi connectivity index (χ3n) is 5.14. The van der Waals surface area contributed by atoms with Crippen LogP contribution in [0, 0.1) is 5.92 Å². The van der Waals surface area contributed by atoms with Crippen molar-refractivity contribution in [1.29, 1.82) is 0 Å². The summed E-state index contributed by atoms with van der Waals surface area (Å²) in [6, 6.07) is 0.427. The Kier molecular flexibility index (Phi) is 5.11. The first-order chi connectivity index (χ1) is 10.1. The van der Waals surface area contributed by atoms with E-state index in [1.807, 2.05) is 0 Å². The molecule has 7 heteroatoms. The number of alkyl halides is 1. The van der Waals surface area contributed by atoms with Crippen LogP contribution in [-0.4, -0.2) is 73.1 Å². The Morgan fingerprint density at radius 3 is 2.33 bits per heavy atom. The van der Waals surface area contributed by atoms with E-state index in [9.17, 15) is 8.42 Å². The number of hydrogen-bond donors (Lipinski definition) is 0. The van der Waals surface area contributed by atoms with Gasteiger partial charge < -0.3 is 0 Å². The Morgan fingerprint density at radius 2 is 1.62 bits per heavy atom. The second-order valence-electron chi connectivity index (χ2n) is 6.57. The topological polar surface area (TPSA) is 43.9 Å². The van der Waals surface area contributed by atoms with E-state index in [-0.39, 0.29) is 0 Å². The third-order valence-corrected chi connectivity index (χ3v) is 7.54. The Labute approximate surface area is 133 Å². The van der Waals surface area contributed by atoms with E-state index >= 15 is 0 Å². The minimum atomic E-state index is -3.29. The van der Waals surface area contributed by atoms with E-state index < -0.39 is 10.2 Å². The van der Waals surface area contributed by atoms with Crippen molar-refractivity contribution < 1.29 is 8.42 Å². The SMILES string of the molecule is O=S(=O)(N1CCCC(CCl)C1)N1CCC(N2CCCC2)C1. The Morgan fingerprint density at radius 1 is 0.905 bits per heavy atom. The summed E-state index contributed by atoms with van der Waals surface area (Å²) in [5.41, 5.74) is 0. The molecule has 0 aromatic heterocycles. The predicted molar refractivity (Wildman–Crippen MR) is 84.7 cm³/mol. The molecule has 3 aliphatic rings. The number of piperidine rings is 1. The van der Waals surface area contributed by atoms with Crippen molar-refractivity contribution in [3.05, 3.63) is 0 Å². The highest BCUT2D eigenvalue weighted by Gasteiger charge is 2.39. The highest BCUT2D eigenvalue weighted by molar-refractivity contribution is 7.86. The molecule has 0 aromatic carbocycles. The Hall–Kier alpha value is 0.120. The zero-order valence-electron chi connectivity index (χ0n) is 12.6. The lowest BCUT2D eigenvalue weighted by atomic mass is 10.0. The maximum Gasteiger partial charge on any atom is 0.282 e. The standard InChI is InChI=1S/C14H26ClN3O2S/c15-10-13-4-3-8-17(11-13)21(19,20)18-9-5-14(12-18)16-6-1-2-7-16/h13-14H,1-12H2. The lowest BCUT2D eigenvalue weighted by Crippen LogP contribution is -2.48. The van der Waals surface area contributed by atoms with Crippen LogP contribution in [-0.2, 0) is 10.2 Å². The first-order valence-electron chi connectivity index (χ1n) is 8.16. The van der Waals surface area contributed by atoms with Gasteiger partial charge >= 0.3 is 0 Å². The van der Waals surface area contributed by atoms with Gasteiger partial charge in [0.2, 0.25) is 0 Å². The van der Waals surface area contributed by atoms with Crippen molar-refractivity contribution in [3.8, 4) is 0 Å². The molecule has 0 N–H and O–H groups in total. The van der Waals surface area contributed by atoms with Crippen molar-refractivity contribution in [2.24, 2.45) is 5.92 Å². The van der Waals surface area contributed by atoms with Crippen LogP contribution in [0.25, 0.3) is 0 Å². The molecule has 122 valence electrons. The van der Waals surface area contributed by atoms with Gasteiger partial charge in [0.1, 0.15) is 0 Å². The molecule has 3 saturated heterocycles. The molecule has 3 rings (SSSR count). The highest BCUT2D eigenvalue weighted by atomic mass is 35.5. The van der Waals surface area contributed by atoms with E-state index in [0.29, 0.717) is 44.0 Å². The molecule has 3 fully saturated rings. The summed E-state index contributed by atoms with van der Waals surface area (Å²) in [4.78, 5) is 2.47. The highest BCUT2D eigenvalue weighted by Crippen LogP contribution is 2.27. The lowest BCUT2D eigenvalue weighted by molar-refractivity contribution is 0.241. The van der Waals surface area contributed by atoms with Crippen LogP contribution in [0.2, 0.25) is 0 Å². The van der Waals surface area contributed by atoms with Gasteiger partial charge in [0.05, 0.1) is 0 Å². The van der Waals surface area contributed by atoms with E-state index in [4.69, 9.17) is 11.6 Å². The van der Waals surface area contributed by atoms with E-state index in [1.54, 1.807) is 8.61 Å². The molecule has 0 spiro atoms. The van der Waals surface area contributed by atoms with Gasteiger partial charge in [-0.05, 0) is 51.1 Å². The smallest absolute Gasteiger partial charge is 0.282 e. The van der Waals surface area contributed by atoms with Crippen molar-refractivity contribution in [3.63, 3.8) is 0 Å². The van der Waals surface area contributed by atoms with Crippen LogP contribution in [0.15, 0.2) is 0 Å². The van der Waals surface area contributed by atoms with Gasteiger partial charge in [-0.1, -0.05) is 0 Å². The molecular weight excluding hydrogens is 310 g/mol. The molecule has 2 atom stereocenters. The number of likely N-dealkylation sites (tertiary alicyclic amines) is 1. The molecule has 5 nitrogen and oxygen atoms in total. The van der Waals surface area contributed by atoms with Gasteiger partial charge in [0.25, 0.3) is 10.2 Å². The van der Waals surface area contributed by atoms with Crippen molar-refractivity contribution >= 4 is 21.8 Å². The number of rotatable bonds is 4. The first kappa shape index (κ1) is 16.0. The van der Waals surface area contributed by atoms with Crippen LogP contribution in [0.5, 0.6) is 0 Å². The number of nitrogens with zero attached hydrogens (tertiary/aromatic N) is 3. The predicted octanol–water partition coefficient (Wildman–Crippen LogP) is 1.35. The fourth-order valence-electron chi connectivity index (χ4n) is 3.85. The molecule has 0 aromatic rings. The number of halogens is 1. The van der Waals surface area contributed by atoms with Crippen molar-refractivity contribution in [2.75, 3.05) is 45.1 Å². The third kappa shape index (κ3) is 3.39. The van der Waals surface area contributed by atoms with Crippen LogP contribution >= 0.6 is 11.6 Å². The molecule has 0 saturated carbocycles. The van der Waals surface area contributed by atoms with Gasteiger partial charge in [0.15, 0.2) is 0 Å². The van der Waals surface area contributed by atoms with Crippen LogP contribution < -0.4 is 0 Å². The van der Waals surface area contributed by atoms with Crippen molar-refractivity contribution in [1.82, 2.24) is 13.5 Å². The summed E-state index contributed by atoms with van der Waals surface area (Å²) in [6.07, 6.45) is 5.47. The molecule has 3 aliphatic heterocycles. The van der Waals surface area contributed by atoms with Gasteiger partial charge in [-0.3, -0.25) is 4.90 Å². The zero-order chi connectivity index (χ0) is 14.9. The van der Waals surface area contributed by atoms with Gasteiger partial charge in [0, 0.05) is 38.1 Å². The summed E-state index contributed by atoms with van der Waals surface area (Å²) in [5.74, 6) is 0.870. The van der Waals surface area contributed by atoms with E-state index in [0.717, 1.165) is 32.4 Å². The minimum Gasteiger partial charge on any atom is -0.299 e. The molecule has 0 amide bonds. The second-order valence-corrected chi connectivity index (χ2v) is 8.81. The maximum absolute atomic E-state index is 12.8. The van der Waals surface area contributed by atoms with E-state index in [2.05, 4.69) is 4.90 Å². The molecule has 0 aliphatic carbocycles. The summed E-state index contributed by atoms with van der Waals surface area (Å²) in [5, 5.41) is 0. The average Bonchev–Trinajstić information content (AvgIpc) is 3.18. The lowest BCUT2D eigenvalue weighted by Gasteiger charge is -2.34. The molecule has 3 heterocycles. The monoisotopic (exact) mass is 335 g/mol. The maximum atomic E-state index is 12.8.